The van der Waals surface area contributed by atoms with Crippen LogP contribution in [0.3, 0.4) is 0 Å². The van der Waals surface area contributed by atoms with Crippen LogP contribution in [0, 0.1) is 13.8 Å². The molecule has 0 aliphatic carbocycles. The average molecular weight is 357 g/mol. The van der Waals surface area contributed by atoms with Crippen molar-refractivity contribution in [2.45, 2.75) is 13.8 Å². The highest BCUT2D eigenvalue weighted by atomic mass is 16.3. The van der Waals surface area contributed by atoms with Crippen molar-refractivity contribution in [3.8, 4) is 17.1 Å². The van der Waals surface area contributed by atoms with Crippen molar-refractivity contribution < 1.29 is 9.21 Å². The highest BCUT2D eigenvalue weighted by molar-refractivity contribution is 6.04. The summed E-state index contributed by atoms with van der Waals surface area (Å²) in [5.74, 6) is 1.20. The van der Waals surface area contributed by atoms with E-state index in [4.69, 9.17) is 4.42 Å². The van der Waals surface area contributed by atoms with Gasteiger partial charge in [-0.25, -0.2) is 4.68 Å². The van der Waals surface area contributed by atoms with E-state index in [1.807, 2.05) is 80.6 Å². The van der Waals surface area contributed by atoms with Gasteiger partial charge < -0.3 is 9.73 Å². The van der Waals surface area contributed by atoms with Gasteiger partial charge in [0.1, 0.15) is 17.1 Å². The molecule has 0 saturated carbocycles. The monoisotopic (exact) mass is 357 g/mol. The predicted molar refractivity (Wildman–Crippen MR) is 105 cm³/mol. The molecule has 0 fully saturated rings. The fourth-order valence-corrected chi connectivity index (χ4v) is 2.83. The SMILES string of the molecule is Cc1ccc(NC(=O)c2cc(-c3ccc(C)o3)nn2-c2ccccc2)cc1. The molecule has 4 rings (SSSR count). The molecule has 2 aromatic carbocycles. The van der Waals surface area contributed by atoms with Gasteiger partial charge in [-0.2, -0.15) is 5.10 Å². The van der Waals surface area contributed by atoms with Crippen LogP contribution in [0.5, 0.6) is 0 Å². The minimum absolute atomic E-state index is 0.232. The van der Waals surface area contributed by atoms with Crippen molar-refractivity contribution in [2.75, 3.05) is 5.32 Å². The first-order valence-corrected chi connectivity index (χ1v) is 8.70. The number of amides is 1. The van der Waals surface area contributed by atoms with Gasteiger partial charge in [-0.1, -0.05) is 35.9 Å². The summed E-state index contributed by atoms with van der Waals surface area (Å²) in [5, 5.41) is 7.54. The van der Waals surface area contributed by atoms with Crippen molar-refractivity contribution in [3.63, 3.8) is 0 Å². The topological polar surface area (TPSA) is 60.1 Å². The van der Waals surface area contributed by atoms with Crippen LogP contribution in [0.25, 0.3) is 17.1 Å². The first-order valence-electron chi connectivity index (χ1n) is 8.70. The van der Waals surface area contributed by atoms with Crippen LogP contribution in [0.4, 0.5) is 5.69 Å². The molecular weight excluding hydrogens is 338 g/mol. The summed E-state index contributed by atoms with van der Waals surface area (Å²) in [5.41, 5.74) is 3.73. The number of rotatable bonds is 4. The minimum atomic E-state index is -0.232. The number of nitrogens with zero attached hydrogens (tertiary/aromatic N) is 2. The third-order valence-electron chi connectivity index (χ3n) is 4.25. The zero-order valence-corrected chi connectivity index (χ0v) is 15.1. The van der Waals surface area contributed by atoms with E-state index in [1.165, 1.54) is 0 Å². The van der Waals surface area contributed by atoms with Gasteiger partial charge in [0.15, 0.2) is 5.76 Å². The fraction of sp³-hybridized carbons (Fsp3) is 0.0909. The molecule has 0 unspecified atom stereocenters. The number of anilines is 1. The molecule has 1 N–H and O–H groups in total. The molecule has 5 heteroatoms. The van der Waals surface area contributed by atoms with Gasteiger partial charge in [0.25, 0.3) is 5.91 Å². The highest BCUT2D eigenvalue weighted by Crippen LogP contribution is 2.24. The Hall–Kier alpha value is -3.60. The second-order valence-electron chi connectivity index (χ2n) is 6.39. The van der Waals surface area contributed by atoms with Gasteiger partial charge in [0, 0.05) is 11.8 Å². The molecule has 4 aromatic rings. The third-order valence-corrected chi connectivity index (χ3v) is 4.25. The molecule has 2 aromatic heterocycles. The zero-order chi connectivity index (χ0) is 18.8. The molecule has 0 saturated heterocycles. The molecule has 1 amide bonds. The molecule has 0 spiro atoms. The van der Waals surface area contributed by atoms with Gasteiger partial charge in [-0.3, -0.25) is 4.79 Å². The van der Waals surface area contributed by atoms with E-state index in [0.717, 1.165) is 22.7 Å². The number of benzene rings is 2. The van der Waals surface area contributed by atoms with E-state index >= 15 is 0 Å². The molecule has 0 bridgehead atoms. The van der Waals surface area contributed by atoms with Gasteiger partial charge in [0.05, 0.1) is 5.69 Å². The second-order valence-corrected chi connectivity index (χ2v) is 6.39. The lowest BCUT2D eigenvalue weighted by Crippen LogP contribution is -2.16. The Bertz CT molecular complexity index is 1080. The van der Waals surface area contributed by atoms with Crippen LogP contribution in [-0.2, 0) is 0 Å². The van der Waals surface area contributed by atoms with Gasteiger partial charge in [-0.15, -0.1) is 0 Å². The van der Waals surface area contributed by atoms with E-state index in [0.29, 0.717) is 17.1 Å². The first-order chi connectivity index (χ1) is 13.1. The van der Waals surface area contributed by atoms with Crippen LogP contribution in [0.1, 0.15) is 21.8 Å². The minimum Gasteiger partial charge on any atom is -0.460 e. The molecular formula is C22H19N3O2. The number of para-hydroxylation sites is 1. The number of hydrogen-bond donors (Lipinski definition) is 1. The number of carbonyl (C=O) groups excluding carboxylic acids is 1. The number of aromatic nitrogens is 2. The first kappa shape index (κ1) is 16.8. The smallest absolute Gasteiger partial charge is 0.274 e. The van der Waals surface area contributed by atoms with Crippen LogP contribution < -0.4 is 5.32 Å². The number of nitrogens with one attached hydrogen (secondary N) is 1. The maximum Gasteiger partial charge on any atom is 0.274 e. The van der Waals surface area contributed by atoms with Crippen molar-refractivity contribution in [2.24, 2.45) is 0 Å². The largest absolute Gasteiger partial charge is 0.460 e. The van der Waals surface area contributed by atoms with Gasteiger partial charge in [-0.05, 0) is 50.2 Å². The van der Waals surface area contributed by atoms with E-state index in [1.54, 1.807) is 10.7 Å². The van der Waals surface area contributed by atoms with Gasteiger partial charge in [0.2, 0.25) is 0 Å². The maximum absolute atomic E-state index is 12.9. The normalized spacial score (nSPS) is 10.7. The number of furan rings is 1. The third kappa shape index (κ3) is 3.53. The predicted octanol–water partition coefficient (Wildman–Crippen LogP) is 5.00. The summed E-state index contributed by atoms with van der Waals surface area (Å²) in [6, 6.07) is 22.7. The van der Waals surface area contributed by atoms with Crippen LogP contribution in [0.2, 0.25) is 0 Å². The molecule has 134 valence electrons. The summed E-state index contributed by atoms with van der Waals surface area (Å²) in [7, 11) is 0. The van der Waals surface area contributed by atoms with E-state index in [-0.39, 0.29) is 5.91 Å². The quantitative estimate of drug-likeness (QED) is 0.559. The number of carbonyl (C=O) groups is 1. The molecule has 0 aliphatic heterocycles. The molecule has 0 aliphatic rings. The van der Waals surface area contributed by atoms with Crippen molar-refractivity contribution in [1.29, 1.82) is 0 Å². The van der Waals surface area contributed by atoms with E-state index < -0.39 is 0 Å². The van der Waals surface area contributed by atoms with Crippen LogP contribution >= 0.6 is 0 Å². The lowest BCUT2D eigenvalue weighted by Gasteiger charge is -2.08. The standard InChI is InChI=1S/C22H19N3O2/c1-15-8-11-17(12-9-15)23-22(26)20-14-19(21-13-10-16(2)27-21)24-25(20)18-6-4-3-5-7-18/h3-14H,1-2H3,(H,23,26). The Morgan fingerprint density at radius 3 is 2.37 bits per heavy atom. The van der Waals surface area contributed by atoms with Crippen molar-refractivity contribution in [3.05, 3.63) is 89.8 Å². The molecule has 0 atom stereocenters. The number of aryl methyl sites for hydroxylation is 2. The molecule has 2 heterocycles. The lowest BCUT2D eigenvalue weighted by atomic mass is 10.2. The van der Waals surface area contributed by atoms with E-state index in [2.05, 4.69) is 10.4 Å². The van der Waals surface area contributed by atoms with Crippen LogP contribution in [-0.4, -0.2) is 15.7 Å². The summed E-state index contributed by atoms with van der Waals surface area (Å²) in [4.78, 5) is 12.9. The van der Waals surface area contributed by atoms with Crippen molar-refractivity contribution >= 4 is 11.6 Å². The molecule has 27 heavy (non-hydrogen) atoms. The average Bonchev–Trinajstić information content (AvgIpc) is 3.31. The number of hydrogen-bond acceptors (Lipinski definition) is 3. The molecule has 5 nitrogen and oxygen atoms in total. The molecule has 0 radical (unpaired) electrons. The Labute approximate surface area is 157 Å². The van der Waals surface area contributed by atoms with Gasteiger partial charge >= 0.3 is 0 Å². The summed E-state index contributed by atoms with van der Waals surface area (Å²) >= 11 is 0. The Balaban J connectivity index is 1.74. The fourth-order valence-electron chi connectivity index (χ4n) is 2.83. The summed E-state index contributed by atoms with van der Waals surface area (Å²) in [6.07, 6.45) is 0. The van der Waals surface area contributed by atoms with Crippen LogP contribution in [0.15, 0.2) is 77.2 Å². The second kappa shape index (κ2) is 6.96. The Morgan fingerprint density at radius 1 is 0.963 bits per heavy atom. The Morgan fingerprint density at radius 2 is 1.70 bits per heavy atom. The lowest BCUT2D eigenvalue weighted by molar-refractivity contribution is 0.101. The summed E-state index contributed by atoms with van der Waals surface area (Å²) in [6.45, 7) is 3.89. The maximum atomic E-state index is 12.9. The van der Waals surface area contributed by atoms with E-state index in [9.17, 15) is 4.79 Å². The highest BCUT2D eigenvalue weighted by Gasteiger charge is 2.19. The zero-order valence-electron chi connectivity index (χ0n) is 15.1. The summed E-state index contributed by atoms with van der Waals surface area (Å²) < 4.78 is 7.31. The van der Waals surface area contributed by atoms with Crippen molar-refractivity contribution in [1.82, 2.24) is 9.78 Å². The Kier molecular flexibility index (Phi) is 4.34.